The van der Waals surface area contributed by atoms with Crippen LogP contribution in [0.25, 0.3) is 0 Å². The smallest absolute Gasteiger partial charge is 0.251 e. The van der Waals surface area contributed by atoms with Crippen LogP contribution >= 0.6 is 11.6 Å². The Bertz CT molecular complexity index is 836. The number of hydrogen-bond acceptors (Lipinski definition) is 4. The molecule has 1 aliphatic heterocycles. The number of rotatable bonds is 9. The molecule has 0 aromatic heterocycles. The Kier molecular flexibility index (Phi) is 8.68. The third kappa shape index (κ3) is 7.13. The molecular formula is C23H28ClN3O3. The number of nitrogens with zero attached hydrogens (tertiary/aromatic N) is 1. The molecule has 0 spiro atoms. The Morgan fingerprint density at radius 1 is 0.967 bits per heavy atom. The molecule has 1 aliphatic rings. The van der Waals surface area contributed by atoms with E-state index in [2.05, 4.69) is 27.7 Å². The van der Waals surface area contributed by atoms with Gasteiger partial charge in [-0.1, -0.05) is 35.9 Å². The lowest BCUT2D eigenvalue weighted by atomic mass is 10.1. The normalized spacial score (nSPS) is 14.3. The van der Waals surface area contributed by atoms with E-state index in [1.165, 1.54) is 5.56 Å². The molecule has 1 saturated heterocycles. The van der Waals surface area contributed by atoms with Gasteiger partial charge in [0.05, 0.1) is 13.2 Å². The third-order valence-electron chi connectivity index (χ3n) is 5.06. The molecule has 2 aromatic carbocycles. The summed E-state index contributed by atoms with van der Waals surface area (Å²) in [5.74, 6) is -0.180. The van der Waals surface area contributed by atoms with Crippen LogP contribution in [0.2, 0.25) is 5.02 Å². The highest BCUT2D eigenvalue weighted by atomic mass is 35.5. The largest absolute Gasteiger partial charge is 0.379 e. The second-order valence-electron chi connectivity index (χ2n) is 7.30. The zero-order chi connectivity index (χ0) is 21.2. The molecule has 0 aliphatic carbocycles. The van der Waals surface area contributed by atoms with Crippen molar-refractivity contribution in [2.24, 2.45) is 0 Å². The molecule has 30 heavy (non-hydrogen) atoms. The Labute approximate surface area is 182 Å². The maximum atomic E-state index is 12.2. The summed E-state index contributed by atoms with van der Waals surface area (Å²) in [4.78, 5) is 26.6. The van der Waals surface area contributed by atoms with Gasteiger partial charge < -0.3 is 15.4 Å². The first-order valence-electron chi connectivity index (χ1n) is 10.3. The number of amides is 2. The highest BCUT2D eigenvalue weighted by Gasteiger charge is 2.13. The number of carbonyl (C=O) groups excluding carboxylic acids is 2. The maximum absolute atomic E-state index is 12.2. The van der Waals surface area contributed by atoms with Gasteiger partial charge >= 0.3 is 0 Å². The summed E-state index contributed by atoms with van der Waals surface area (Å²) < 4.78 is 5.41. The predicted octanol–water partition coefficient (Wildman–Crippen LogP) is 3.00. The van der Waals surface area contributed by atoms with Crippen LogP contribution in [0.15, 0.2) is 48.5 Å². The summed E-state index contributed by atoms with van der Waals surface area (Å²) in [6.07, 6.45) is 0.952. The molecule has 2 amide bonds. The van der Waals surface area contributed by atoms with Crippen LogP contribution < -0.4 is 10.6 Å². The van der Waals surface area contributed by atoms with Gasteiger partial charge in [0.1, 0.15) is 0 Å². The van der Waals surface area contributed by atoms with Gasteiger partial charge in [-0.15, -0.1) is 0 Å². The van der Waals surface area contributed by atoms with Crippen LogP contribution in [0.3, 0.4) is 0 Å². The first-order valence-corrected chi connectivity index (χ1v) is 10.7. The van der Waals surface area contributed by atoms with Gasteiger partial charge in [0.25, 0.3) is 5.91 Å². The molecule has 160 valence electrons. The molecule has 2 aromatic rings. The minimum absolute atomic E-state index is 0.0167. The number of ether oxygens (including phenoxy) is 1. The van der Waals surface area contributed by atoms with Gasteiger partial charge in [-0.3, -0.25) is 14.5 Å². The summed E-state index contributed by atoms with van der Waals surface area (Å²) in [7, 11) is 0. The van der Waals surface area contributed by atoms with Crippen molar-refractivity contribution in [2.75, 3.05) is 32.8 Å². The van der Waals surface area contributed by atoms with Crippen molar-refractivity contribution in [1.29, 1.82) is 0 Å². The van der Waals surface area contributed by atoms with Gasteiger partial charge in [-0.2, -0.15) is 0 Å². The van der Waals surface area contributed by atoms with Gasteiger partial charge in [0.15, 0.2) is 0 Å². The molecule has 0 bridgehead atoms. The molecule has 2 N–H and O–H groups in total. The molecule has 0 unspecified atom stereocenters. The van der Waals surface area contributed by atoms with Crippen molar-refractivity contribution in [3.05, 3.63) is 70.2 Å². The quantitative estimate of drug-likeness (QED) is 0.601. The van der Waals surface area contributed by atoms with E-state index in [9.17, 15) is 9.59 Å². The van der Waals surface area contributed by atoms with Gasteiger partial charge in [-0.25, -0.2) is 0 Å². The van der Waals surface area contributed by atoms with Crippen molar-refractivity contribution in [2.45, 2.75) is 25.9 Å². The molecule has 0 saturated carbocycles. The van der Waals surface area contributed by atoms with Crippen molar-refractivity contribution < 1.29 is 14.3 Å². The van der Waals surface area contributed by atoms with Gasteiger partial charge in [0, 0.05) is 49.7 Å². The van der Waals surface area contributed by atoms with E-state index in [1.807, 2.05) is 12.1 Å². The number of hydrogen-bond donors (Lipinski definition) is 2. The lowest BCUT2D eigenvalue weighted by Crippen LogP contribution is -2.36. The molecule has 7 heteroatoms. The summed E-state index contributed by atoms with van der Waals surface area (Å²) in [6.45, 7) is 5.23. The lowest BCUT2D eigenvalue weighted by Gasteiger charge is -2.27. The fraction of sp³-hybridized carbons (Fsp3) is 0.391. The monoisotopic (exact) mass is 429 g/mol. The highest BCUT2D eigenvalue weighted by Crippen LogP contribution is 2.13. The van der Waals surface area contributed by atoms with Gasteiger partial charge in [0.2, 0.25) is 5.91 Å². The topological polar surface area (TPSA) is 70.7 Å². The van der Waals surface area contributed by atoms with Crippen molar-refractivity contribution in [3.63, 3.8) is 0 Å². The van der Waals surface area contributed by atoms with E-state index in [1.54, 1.807) is 24.3 Å². The zero-order valence-electron chi connectivity index (χ0n) is 17.0. The number of nitrogens with one attached hydrogen (secondary N) is 2. The first kappa shape index (κ1) is 22.3. The Morgan fingerprint density at radius 2 is 1.67 bits per heavy atom. The molecule has 1 fully saturated rings. The lowest BCUT2D eigenvalue weighted by molar-refractivity contribution is -0.121. The summed E-state index contributed by atoms with van der Waals surface area (Å²) in [5.41, 5.74) is 2.92. The minimum Gasteiger partial charge on any atom is -0.379 e. The van der Waals surface area contributed by atoms with E-state index in [0.717, 1.165) is 38.4 Å². The highest BCUT2D eigenvalue weighted by molar-refractivity contribution is 6.30. The zero-order valence-corrected chi connectivity index (χ0v) is 17.8. The number of halogens is 1. The Hall–Kier alpha value is -2.41. The molecule has 1 heterocycles. The molecule has 0 radical (unpaired) electrons. The van der Waals surface area contributed by atoms with Crippen LogP contribution in [-0.2, 0) is 22.6 Å². The van der Waals surface area contributed by atoms with Crippen molar-refractivity contribution in [1.82, 2.24) is 15.5 Å². The number of benzene rings is 2. The number of carbonyl (C=O) groups is 2. The Morgan fingerprint density at radius 3 is 2.40 bits per heavy atom. The molecule has 3 rings (SSSR count). The van der Waals surface area contributed by atoms with Gasteiger partial charge in [-0.05, 0) is 41.8 Å². The van der Waals surface area contributed by atoms with Crippen LogP contribution in [-0.4, -0.2) is 49.6 Å². The van der Waals surface area contributed by atoms with E-state index in [0.29, 0.717) is 36.5 Å². The minimum atomic E-state index is -0.163. The summed E-state index contributed by atoms with van der Waals surface area (Å²) >= 11 is 5.83. The number of morpholine rings is 1. The van der Waals surface area contributed by atoms with Crippen LogP contribution in [0.1, 0.15) is 34.3 Å². The van der Waals surface area contributed by atoms with Crippen LogP contribution in [0.4, 0.5) is 0 Å². The second-order valence-corrected chi connectivity index (χ2v) is 7.74. The van der Waals surface area contributed by atoms with Crippen LogP contribution in [0.5, 0.6) is 0 Å². The fourth-order valence-electron chi connectivity index (χ4n) is 3.32. The van der Waals surface area contributed by atoms with E-state index in [-0.39, 0.29) is 11.8 Å². The first-order chi connectivity index (χ1) is 14.6. The Balaban J connectivity index is 1.37. The standard InChI is InChI=1S/C23H28ClN3O3/c24-21-9-7-18(8-10-21)23(29)25-11-3-6-22(28)26-16-19-4-1-2-5-20(19)17-27-12-14-30-15-13-27/h1-2,4-5,7-10H,3,6,11-17H2,(H,25,29)(H,26,28). The average Bonchev–Trinajstić information content (AvgIpc) is 2.77. The average molecular weight is 430 g/mol. The summed E-state index contributed by atoms with van der Waals surface area (Å²) in [6, 6.07) is 14.9. The third-order valence-corrected chi connectivity index (χ3v) is 5.32. The molecular weight excluding hydrogens is 402 g/mol. The second kappa shape index (κ2) is 11.7. The molecule has 6 nitrogen and oxygen atoms in total. The fourth-order valence-corrected chi connectivity index (χ4v) is 3.45. The SMILES string of the molecule is O=C(CCCNC(=O)c1ccc(Cl)cc1)NCc1ccccc1CN1CCOCC1. The van der Waals surface area contributed by atoms with Crippen LogP contribution in [0, 0.1) is 0 Å². The predicted molar refractivity (Wildman–Crippen MR) is 117 cm³/mol. The van der Waals surface area contributed by atoms with Crippen molar-refractivity contribution in [3.8, 4) is 0 Å². The van der Waals surface area contributed by atoms with E-state index >= 15 is 0 Å². The summed E-state index contributed by atoms with van der Waals surface area (Å²) in [5, 5.41) is 6.41. The van der Waals surface area contributed by atoms with Crippen molar-refractivity contribution >= 4 is 23.4 Å². The van der Waals surface area contributed by atoms with E-state index in [4.69, 9.17) is 16.3 Å². The molecule has 0 atom stereocenters. The maximum Gasteiger partial charge on any atom is 0.251 e. The van der Waals surface area contributed by atoms with E-state index < -0.39 is 0 Å².